The minimum absolute atomic E-state index is 0.153. The number of ether oxygens (including phenoxy) is 2. The molecule has 1 atom stereocenters. The van der Waals surface area contributed by atoms with E-state index < -0.39 is 6.10 Å². The maximum absolute atomic E-state index is 10.2. The molecule has 1 saturated heterocycles. The summed E-state index contributed by atoms with van der Waals surface area (Å²) in [4.78, 5) is 4.51. The first-order valence-corrected chi connectivity index (χ1v) is 9.66. The molecular formula is C20H34N2O4. The average Bonchev–Trinajstić information content (AvgIpc) is 2.66. The Morgan fingerprint density at radius 3 is 2.50 bits per heavy atom. The van der Waals surface area contributed by atoms with Crippen molar-refractivity contribution < 1.29 is 19.7 Å². The predicted octanol–water partition coefficient (Wildman–Crippen LogP) is 1.73. The zero-order valence-electron chi connectivity index (χ0n) is 16.4. The summed E-state index contributed by atoms with van der Waals surface area (Å²) in [7, 11) is 1.63. The second-order valence-electron chi connectivity index (χ2n) is 6.94. The molecule has 1 heterocycles. The van der Waals surface area contributed by atoms with Gasteiger partial charge >= 0.3 is 0 Å². The van der Waals surface area contributed by atoms with Crippen LogP contribution in [-0.4, -0.2) is 78.7 Å². The maximum Gasteiger partial charge on any atom is 0.161 e. The zero-order valence-corrected chi connectivity index (χ0v) is 16.4. The Bertz CT molecular complexity index is 529. The van der Waals surface area contributed by atoms with Gasteiger partial charge in [-0.15, -0.1) is 0 Å². The maximum atomic E-state index is 10.2. The summed E-state index contributed by atoms with van der Waals surface area (Å²) in [5.74, 6) is 1.35. The molecule has 1 aliphatic heterocycles. The van der Waals surface area contributed by atoms with E-state index in [2.05, 4.69) is 23.6 Å². The molecule has 6 nitrogen and oxygen atoms in total. The van der Waals surface area contributed by atoms with Gasteiger partial charge in [0.05, 0.1) is 13.2 Å². The molecule has 0 spiro atoms. The summed E-state index contributed by atoms with van der Waals surface area (Å²) >= 11 is 0. The van der Waals surface area contributed by atoms with Crippen LogP contribution in [0.4, 0.5) is 0 Å². The number of rotatable bonds is 10. The largest absolute Gasteiger partial charge is 0.493 e. The molecule has 0 saturated carbocycles. The molecule has 148 valence electrons. The van der Waals surface area contributed by atoms with Crippen molar-refractivity contribution in [1.29, 1.82) is 0 Å². The third-order valence-corrected chi connectivity index (χ3v) is 4.99. The summed E-state index contributed by atoms with van der Waals surface area (Å²) in [6.45, 7) is 9.53. The Morgan fingerprint density at radius 2 is 1.88 bits per heavy atom. The lowest BCUT2D eigenvalue weighted by Crippen LogP contribution is -2.35. The number of hydrogen-bond acceptors (Lipinski definition) is 6. The standard InChI is InChI=1S/C20H34N2O4/c1-4-21(5-2)14-18(24)15-26-19-7-6-16(12-20(19)25-3)13-22-10-8-17(23)9-11-22/h6-7,12,17-18,23-24H,4-5,8-11,13-15H2,1-3H3. The van der Waals surface area contributed by atoms with Crippen LogP contribution in [0.5, 0.6) is 11.5 Å². The third kappa shape index (κ3) is 6.43. The minimum atomic E-state index is -0.529. The van der Waals surface area contributed by atoms with Crippen molar-refractivity contribution in [2.75, 3.05) is 46.4 Å². The van der Waals surface area contributed by atoms with Crippen molar-refractivity contribution >= 4 is 0 Å². The number of piperidine rings is 1. The Labute approximate surface area is 157 Å². The first kappa shape index (κ1) is 21.0. The quantitative estimate of drug-likeness (QED) is 0.658. The number of benzene rings is 1. The van der Waals surface area contributed by atoms with Crippen LogP contribution in [0.25, 0.3) is 0 Å². The molecular weight excluding hydrogens is 332 g/mol. The Kier molecular flexibility index (Phi) is 8.65. The van der Waals surface area contributed by atoms with Crippen molar-refractivity contribution in [3.63, 3.8) is 0 Å². The van der Waals surface area contributed by atoms with Crippen LogP contribution < -0.4 is 9.47 Å². The summed E-state index contributed by atoms with van der Waals surface area (Å²) < 4.78 is 11.3. The van der Waals surface area contributed by atoms with Crippen LogP contribution in [0.3, 0.4) is 0 Å². The Morgan fingerprint density at radius 1 is 1.19 bits per heavy atom. The van der Waals surface area contributed by atoms with Crippen LogP contribution in [0, 0.1) is 0 Å². The lowest BCUT2D eigenvalue weighted by Gasteiger charge is -2.29. The smallest absolute Gasteiger partial charge is 0.161 e. The molecule has 2 rings (SSSR count). The van der Waals surface area contributed by atoms with Crippen LogP contribution in [0.1, 0.15) is 32.3 Å². The van der Waals surface area contributed by atoms with Gasteiger partial charge in [-0.25, -0.2) is 0 Å². The van der Waals surface area contributed by atoms with Gasteiger partial charge in [0.1, 0.15) is 12.7 Å². The topological polar surface area (TPSA) is 65.4 Å². The molecule has 1 aromatic carbocycles. The number of hydrogen-bond donors (Lipinski definition) is 2. The van der Waals surface area contributed by atoms with E-state index in [4.69, 9.17) is 9.47 Å². The monoisotopic (exact) mass is 366 g/mol. The molecule has 0 aromatic heterocycles. The minimum Gasteiger partial charge on any atom is -0.493 e. The predicted molar refractivity (Wildman–Crippen MR) is 103 cm³/mol. The Hall–Kier alpha value is -1.34. The van der Waals surface area contributed by atoms with E-state index in [1.54, 1.807) is 7.11 Å². The highest BCUT2D eigenvalue weighted by Crippen LogP contribution is 2.29. The number of nitrogens with zero attached hydrogens (tertiary/aromatic N) is 2. The highest BCUT2D eigenvalue weighted by molar-refractivity contribution is 5.43. The first-order valence-electron chi connectivity index (χ1n) is 9.66. The van der Waals surface area contributed by atoms with Crippen molar-refractivity contribution in [1.82, 2.24) is 9.80 Å². The van der Waals surface area contributed by atoms with E-state index in [0.29, 0.717) is 18.0 Å². The number of methoxy groups -OCH3 is 1. The van der Waals surface area contributed by atoms with Crippen LogP contribution in [-0.2, 0) is 6.54 Å². The molecule has 0 amide bonds. The normalized spacial score (nSPS) is 17.5. The van der Waals surface area contributed by atoms with E-state index >= 15 is 0 Å². The van der Waals surface area contributed by atoms with E-state index in [9.17, 15) is 10.2 Å². The molecule has 26 heavy (non-hydrogen) atoms. The van der Waals surface area contributed by atoms with Crippen molar-refractivity contribution in [2.24, 2.45) is 0 Å². The van der Waals surface area contributed by atoms with Gasteiger partial charge in [0.25, 0.3) is 0 Å². The molecule has 2 N–H and O–H groups in total. The van der Waals surface area contributed by atoms with Gasteiger partial charge in [-0.05, 0) is 43.6 Å². The molecule has 0 aliphatic carbocycles. The summed E-state index contributed by atoms with van der Waals surface area (Å²) in [6.07, 6.45) is 0.990. The second-order valence-corrected chi connectivity index (χ2v) is 6.94. The fourth-order valence-corrected chi connectivity index (χ4v) is 3.28. The first-order chi connectivity index (χ1) is 12.5. The number of likely N-dealkylation sites (tertiary alicyclic amines) is 1. The SMILES string of the molecule is CCN(CC)CC(O)COc1ccc(CN2CCC(O)CC2)cc1OC. The molecule has 1 aromatic rings. The third-order valence-electron chi connectivity index (χ3n) is 4.99. The van der Waals surface area contributed by atoms with Crippen molar-refractivity contribution in [3.05, 3.63) is 23.8 Å². The molecule has 0 radical (unpaired) electrons. The van der Waals surface area contributed by atoms with Crippen LogP contribution in [0.15, 0.2) is 18.2 Å². The van der Waals surface area contributed by atoms with E-state index in [1.807, 2.05) is 18.2 Å². The van der Waals surface area contributed by atoms with Gasteiger partial charge in [0, 0.05) is 26.2 Å². The number of aliphatic hydroxyl groups excluding tert-OH is 2. The fourth-order valence-electron chi connectivity index (χ4n) is 3.28. The highest BCUT2D eigenvalue weighted by Gasteiger charge is 2.18. The molecule has 0 bridgehead atoms. The molecule has 6 heteroatoms. The Balaban J connectivity index is 1.89. The van der Waals surface area contributed by atoms with Gasteiger partial charge in [-0.1, -0.05) is 19.9 Å². The molecule has 1 fully saturated rings. The van der Waals surface area contributed by atoms with E-state index in [0.717, 1.165) is 51.1 Å². The number of likely N-dealkylation sites (N-methyl/N-ethyl adjacent to an activating group) is 1. The van der Waals surface area contributed by atoms with Crippen LogP contribution in [0.2, 0.25) is 0 Å². The highest BCUT2D eigenvalue weighted by atomic mass is 16.5. The summed E-state index contributed by atoms with van der Waals surface area (Å²) in [5.41, 5.74) is 1.16. The van der Waals surface area contributed by atoms with E-state index in [-0.39, 0.29) is 12.7 Å². The van der Waals surface area contributed by atoms with Gasteiger partial charge in [-0.2, -0.15) is 0 Å². The zero-order chi connectivity index (χ0) is 18.9. The van der Waals surface area contributed by atoms with Gasteiger partial charge in [-0.3, -0.25) is 4.90 Å². The van der Waals surface area contributed by atoms with Crippen LogP contribution >= 0.6 is 0 Å². The number of aliphatic hydroxyl groups is 2. The van der Waals surface area contributed by atoms with Gasteiger partial charge in [0.2, 0.25) is 0 Å². The average molecular weight is 367 g/mol. The molecule has 1 unspecified atom stereocenters. The summed E-state index contributed by atoms with van der Waals surface area (Å²) in [5, 5.41) is 19.8. The lowest BCUT2D eigenvalue weighted by atomic mass is 10.1. The lowest BCUT2D eigenvalue weighted by molar-refractivity contribution is 0.0704. The fraction of sp³-hybridized carbons (Fsp3) is 0.700. The van der Waals surface area contributed by atoms with Crippen molar-refractivity contribution in [2.45, 2.75) is 45.4 Å². The van der Waals surface area contributed by atoms with Gasteiger partial charge < -0.3 is 24.6 Å². The van der Waals surface area contributed by atoms with Crippen molar-refractivity contribution in [3.8, 4) is 11.5 Å². The molecule has 1 aliphatic rings. The van der Waals surface area contributed by atoms with E-state index in [1.165, 1.54) is 0 Å². The summed E-state index contributed by atoms with van der Waals surface area (Å²) in [6, 6.07) is 5.95. The second kappa shape index (κ2) is 10.7. The van der Waals surface area contributed by atoms with Gasteiger partial charge in [0.15, 0.2) is 11.5 Å².